The van der Waals surface area contributed by atoms with E-state index in [1.54, 1.807) is 9.47 Å². The molecule has 1 aliphatic heterocycles. The fraction of sp³-hybridized carbons (Fsp3) is 0.375. The standard InChI is InChI=1S/C16H19N3O2S2/c1-2-11-3-5-12(6-4-11)19-14(17)13(23-16(19)22)15(20)18-7-9-21-10-8-18/h3-6H,2,7-10,17H2,1H3. The van der Waals surface area contributed by atoms with Crippen LogP contribution in [0.15, 0.2) is 24.3 Å². The summed E-state index contributed by atoms with van der Waals surface area (Å²) in [7, 11) is 0. The summed E-state index contributed by atoms with van der Waals surface area (Å²) in [5.41, 5.74) is 8.38. The van der Waals surface area contributed by atoms with Gasteiger partial charge in [-0.05, 0) is 36.3 Å². The third-order valence-electron chi connectivity index (χ3n) is 3.94. The molecule has 0 aliphatic carbocycles. The van der Waals surface area contributed by atoms with E-state index in [-0.39, 0.29) is 5.91 Å². The molecule has 0 atom stereocenters. The third kappa shape index (κ3) is 3.17. The second kappa shape index (κ2) is 6.82. The molecule has 0 bridgehead atoms. The van der Waals surface area contributed by atoms with Crippen molar-refractivity contribution in [3.63, 3.8) is 0 Å². The molecule has 1 amide bonds. The molecule has 0 spiro atoms. The summed E-state index contributed by atoms with van der Waals surface area (Å²) in [6.45, 7) is 4.42. The number of rotatable bonds is 3. The van der Waals surface area contributed by atoms with Crippen LogP contribution in [0, 0.1) is 3.95 Å². The molecule has 0 radical (unpaired) electrons. The zero-order valence-electron chi connectivity index (χ0n) is 12.9. The van der Waals surface area contributed by atoms with E-state index in [1.807, 2.05) is 12.1 Å². The van der Waals surface area contributed by atoms with Crippen molar-refractivity contribution in [2.45, 2.75) is 13.3 Å². The second-order valence-electron chi connectivity index (χ2n) is 5.34. The number of morpholine rings is 1. The molecule has 1 fully saturated rings. The van der Waals surface area contributed by atoms with Gasteiger partial charge < -0.3 is 15.4 Å². The summed E-state index contributed by atoms with van der Waals surface area (Å²) >= 11 is 6.70. The van der Waals surface area contributed by atoms with Crippen LogP contribution in [0.2, 0.25) is 0 Å². The molecule has 3 rings (SSSR count). The van der Waals surface area contributed by atoms with Gasteiger partial charge in [0.25, 0.3) is 5.91 Å². The monoisotopic (exact) mass is 349 g/mol. The first-order valence-electron chi connectivity index (χ1n) is 7.59. The minimum Gasteiger partial charge on any atom is -0.383 e. The zero-order chi connectivity index (χ0) is 16.4. The van der Waals surface area contributed by atoms with E-state index in [2.05, 4.69) is 19.1 Å². The first-order chi connectivity index (χ1) is 11.1. The number of thiazole rings is 1. The number of nitrogens with zero attached hydrogens (tertiary/aromatic N) is 2. The summed E-state index contributed by atoms with van der Waals surface area (Å²) in [6, 6.07) is 8.08. The van der Waals surface area contributed by atoms with Crippen LogP contribution in [-0.2, 0) is 11.2 Å². The number of anilines is 1. The molecular formula is C16H19N3O2S2. The normalized spacial score (nSPS) is 14.9. The van der Waals surface area contributed by atoms with Crippen molar-refractivity contribution in [3.8, 4) is 5.69 Å². The molecule has 2 heterocycles. The molecule has 2 aromatic rings. The van der Waals surface area contributed by atoms with E-state index in [0.29, 0.717) is 41.0 Å². The van der Waals surface area contributed by atoms with E-state index < -0.39 is 0 Å². The SMILES string of the molecule is CCc1ccc(-n2c(N)c(C(=O)N3CCOCC3)sc2=S)cc1. The molecule has 1 aromatic heterocycles. The average molecular weight is 349 g/mol. The predicted molar refractivity (Wildman–Crippen MR) is 95.0 cm³/mol. The number of amides is 1. The lowest BCUT2D eigenvalue weighted by molar-refractivity contribution is 0.0306. The lowest BCUT2D eigenvalue weighted by atomic mass is 10.1. The molecule has 1 saturated heterocycles. The number of carbonyl (C=O) groups is 1. The summed E-state index contributed by atoms with van der Waals surface area (Å²) in [4.78, 5) is 14.9. The number of nitrogens with two attached hydrogens (primary N) is 1. The maximum absolute atomic E-state index is 12.7. The quantitative estimate of drug-likeness (QED) is 0.866. The Labute approximate surface area is 144 Å². The first-order valence-corrected chi connectivity index (χ1v) is 8.82. The lowest BCUT2D eigenvalue weighted by Crippen LogP contribution is -2.40. The molecule has 1 aromatic carbocycles. The van der Waals surface area contributed by atoms with Gasteiger partial charge in [0.05, 0.1) is 13.2 Å². The van der Waals surface area contributed by atoms with Crippen LogP contribution in [0.5, 0.6) is 0 Å². The minimum absolute atomic E-state index is 0.0640. The fourth-order valence-electron chi connectivity index (χ4n) is 2.57. The maximum Gasteiger partial charge on any atom is 0.267 e. The van der Waals surface area contributed by atoms with Gasteiger partial charge in [0.1, 0.15) is 10.7 Å². The molecule has 5 nitrogen and oxygen atoms in total. The highest BCUT2D eigenvalue weighted by molar-refractivity contribution is 7.73. The Morgan fingerprint density at radius 1 is 1.30 bits per heavy atom. The van der Waals surface area contributed by atoms with Crippen molar-refractivity contribution >= 4 is 35.3 Å². The molecule has 0 unspecified atom stereocenters. The average Bonchev–Trinajstić information content (AvgIpc) is 2.89. The number of ether oxygens (including phenoxy) is 1. The third-order valence-corrected chi connectivity index (χ3v) is 5.32. The van der Waals surface area contributed by atoms with Gasteiger partial charge in [-0.25, -0.2) is 0 Å². The van der Waals surface area contributed by atoms with Crippen LogP contribution in [0.3, 0.4) is 0 Å². The van der Waals surface area contributed by atoms with Gasteiger partial charge in [-0.3, -0.25) is 9.36 Å². The summed E-state index contributed by atoms with van der Waals surface area (Å²) < 4.78 is 7.65. The van der Waals surface area contributed by atoms with E-state index in [1.165, 1.54) is 16.9 Å². The van der Waals surface area contributed by atoms with Crippen LogP contribution >= 0.6 is 23.6 Å². The van der Waals surface area contributed by atoms with Crippen LogP contribution in [0.25, 0.3) is 5.69 Å². The molecule has 2 N–H and O–H groups in total. The number of hydrogen-bond acceptors (Lipinski definition) is 5. The highest BCUT2D eigenvalue weighted by Gasteiger charge is 2.24. The van der Waals surface area contributed by atoms with Crippen molar-refractivity contribution < 1.29 is 9.53 Å². The van der Waals surface area contributed by atoms with Crippen molar-refractivity contribution in [1.82, 2.24) is 9.47 Å². The Morgan fingerprint density at radius 3 is 2.57 bits per heavy atom. The summed E-state index contributed by atoms with van der Waals surface area (Å²) in [5.74, 6) is 0.353. The number of aromatic nitrogens is 1. The predicted octanol–water partition coefficient (Wildman–Crippen LogP) is 2.89. The molecule has 7 heteroatoms. The van der Waals surface area contributed by atoms with E-state index in [9.17, 15) is 4.79 Å². The Bertz CT molecular complexity index is 759. The molecular weight excluding hydrogens is 330 g/mol. The van der Waals surface area contributed by atoms with E-state index in [0.717, 1.165) is 12.1 Å². The second-order valence-corrected chi connectivity index (χ2v) is 6.99. The van der Waals surface area contributed by atoms with Crippen molar-refractivity contribution in [2.75, 3.05) is 32.0 Å². The van der Waals surface area contributed by atoms with Gasteiger partial charge in [-0.1, -0.05) is 30.4 Å². The first kappa shape index (κ1) is 16.2. The smallest absolute Gasteiger partial charge is 0.267 e. The fourth-order valence-corrected chi connectivity index (χ4v) is 3.91. The van der Waals surface area contributed by atoms with E-state index >= 15 is 0 Å². The van der Waals surface area contributed by atoms with Gasteiger partial charge >= 0.3 is 0 Å². The Kier molecular flexibility index (Phi) is 4.79. The topological polar surface area (TPSA) is 60.5 Å². The van der Waals surface area contributed by atoms with Gasteiger partial charge in [0.15, 0.2) is 3.95 Å². The number of nitrogen functional groups attached to an aromatic ring is 1. The molecule has 23 heavy (non-hydrogen) atoms. The van der Waals surface area contributed by atoms with Crippen LogP contribution in [0.1, 0.15) is 22.2 Å². The number of benzene rings is 1. The molecule has 122 valence electrons. The zero-order valence-corrected chi connectivity index (χ0v) is 14.6. The van der Waals surface area contributed by atoms with Gasteiger partial charge in [-0.15, -0.1) is 0 Å². The molecule has 1 aliphatic rings. The maximum atomic E-state index is 12.7. The number of hydrogen-bond donors (Lipinski definition) is 1. The number of carbonyl (C=O) groups excluding carboxylic acids is 1. The van der Waals surface area contributed by atoms with E-state index in [4.69, 9.17) is 22.7 Å². The summed E-state index contributed by atoms with van der Waals surface area (Å²) in [5, 5.41) is 0. The van der Waals surface area contributed by atoms with Gasteiger partial charge in [0, 0.05) is 18.8 Å². The van der Waals surface area contributed by atoms with Crippen LogP contribution in [0.4, 0.5) is 5.82 Å². The largest absolute Gasteiger partial charge is 0.383 e. The van der Waals surface area contributed by atoms with Gasteiger partial charge in [0.2, 0.25) is 0 Å². The number of aryl methyl sites for hydroxylation is 1. The highest BCUT2D eigenvalue weighted by Crippen LogP contribution is 2.28. The Balaban J connectivity index is 1.95. The molecule has 0 saturated carbocycles. The minimum atomic E-state index is -0.0640. The van der Waals surface area contributed by atoms with Crippen molar-refractivity contribution in [1.29, 1.82) is 0 Å². The van der Waals surface area contributed by atoms with Crippen LogP contribution in [-0.4, -0.2) is 41.7 Å². The van der Waals surface area contributed by atoms with Crippen molar-refractivity contribution in [2.24, 2.45) is 0 Å². The summed E-state index contributed by atoms with van der Waals surface area (Å²) in [6.07, 6.45) is 0.978. The van der Waals surface area contributed by atoms with Gasteiger partial charge in [-0.2, -0.15) is 0 Å². The van der Waals surface area contributed by atoms with Crippen molar-refractivity contribution in [3.05, 3.63) is 38.7 Å². The highest BCUT2D eigenvalue weighted by atomic mass is 32.1. The Morgan fingerprint density at radius 2 is 1.96 bits per heavy atom. The van der Waals surface area contributed by atoms with Crippen LogP contribution < -0.4 is 5.73 Å². The lowest BCUT2D eigenvalue weighted by Gasteiger charge is -2.26. The Hall–Kier alpha value is -1.70.